The highest BCUT2D eigenvalue weighted by molar-refractivity contribution is 7.21. The maximum atomic E-state index is 18.4. The third kappa shape index (κ3) is 9.23. The van der Waals surface area contributed by atoms with Gasteiger partial charge in [-0.25, -0.2) is 26.3 Å². The fourth-order valence-corrected chi connectivity index (χ4v) is 17.1. The van der Waals surface area contributed by atoms with Crippen molar-refractivity contribution in [1.29, 1.82) is 5.26 Å². The summed E-state index contributed by atoms with van der Waals surface area (Å²) >= 11 is -0.711. The summed E-state index contributed by atoms with van der Waals surface area (Å²) in [6, 6.07) is -0.197. The SMILES string of the molecule is CC(C#N)=Cc1sc2c3n4c(c2c1C(F)(F)F)N=C1c2c(c(C(C)(F)C(F)(F)F)c5ccccc5c2C(C)(F)C(F)(F)F)C2=[N+]1C41n4c(c5c(C(F)(C(F)(F)F)C(F)(F)F)c6ccccc6c(C(F)(C(F)(F)F)C(F)(F)F)c5c4=NC4=[N+]1C(=N3)c1c4c(C(F)(C(F)(F)F)C(F)(F)F)c3ccccc3c1C(F)(C(F)(F)F)C(F)(F)F)=N2. The number of nitrogens with zero attached hydrogens (tertiary/aromatic N) is 9. The van der Waals surface area contributed by atoms with Crippen molar-refractivity contribution in [2.45, 2.75) is 129 Å². The van der Waals surface area contributed by atoms with Crippen LogP contribution in [0.1, 0.15) is 86.8 Å². The summed E-state index contributed by atoms with van der Waals surface area (Å²) in [4.78, 5) is 12.9. The molecule has 0 radical (unpaired) electrons. The Labute approximate surface area is 609 Å². The van der Waals surface area contributed by atoms with Crippen LogP contribution in [0.4, 0.5) is 183 Å². The third-order valence-electron chi connectivity index (χ3n) is 20.4. The van der Waals surface area contributed by atoms with Crippen molar-refractivity contribution in [3.63, 3.8) is 0 Å². The monoisotopic (exact) mass is 1710 g/mol. The number of rotatable bonds is 7. The van der Waals surface area contributed by atoms with Gasteiger partial charge in [-0.15, -0.1) is 20.5 Å². The van der Waals surface area contributed by atoms with E-state index in [0.717, 1.165) is 0 Å². The predicted molar refractivity (Wildman–Crippen MR) is 317 cm³/mol. The summed E-state index contributed by atoms with van der Waals surface area (Å²) in [6.07, 6.45) is -84.6. The predicted octanol–water partition coefficient (Wildman–Crippen LogP) is 21.8. The van der Waals surface area contributed by atoms with E-state index < -0.39 is 346 Å². The van der Waals surface area contributed by atoms with Crippen LogP contribution in [0.15, 0.2) is 98.3 Å². The molecule has 9 nitrogen and oxygen atoms in total. The highest BCUT2D eigenvalue weighted by Gasteiger charge is 2.83. The Balaban J connectivity index is 1.43. The van der Waals surface area contributed by atoms with E-state index in [2.05, 4.69) is 20.0 Å². The molecule has 3 aromatic heterocycles. The van der Waals surface area contributed by atoms with Crippen LogP contribution in [0.3, 0.4) is 0 Å². The van der Waals surface area contributed by atoms with Crippen LogP contribution in [0.5, 0.6) is 0 Å². The van der Waals surface area contributed by atoms with E-state index in [1.165, 1.54) is 6.07 Å². The van der Waals surface area contributed by atoms with Crippen molar-refractivity contribution in [2.24, 2.45) is 20.0 Å². The first kappa shape index (κ1) is 79.9. The number of amidine groups is 4. The van der Waals surface area contributed by atoms with Crippen molar-refractivity contribution in [3.05, 3.63) is 155 Å². The zero-order chi connectivity index (χ0) is 85.6. The molecule has 15 rings (SSSR count). The first-order valence-electron chi connectivity index (χ1n) is 31.0. The van der Waals surface area contributed by atoms with Gasteiger partial charge in [-0.05, 0) is 59.2 Å². The van der Waals surface area contributed by atoms with Crippen LogP contribution in [0, 0.1) is 11.3 Å². The number of allylic oxidation sites excluding steroid dienone is 1. The molecule has 115 heavy (non-hydrogen) atoms. The number of benzene rings is 6. The second-order valence-electron chi connectivity index (χ2n) is 26.7. The zero-order valence-electron chi connectivity index (χ0n) is 54.7. The molecule has 0 aliphatic carbocycles. The lowest BCUT2D eigenvalue weighted by Gasteiger charge is -2.41. The van der Waals surface area contributed by atoms with Crippen LogP contribution in [0.25, 0.3) is 59.3 Å². The first-order valence-corrected chi connectivity index (χ1v) is 31.9. The fraction of sp³-hybridized carbons (Fsp3) is 0.318. The summed E-state index contributed by atoms with van der Waals surface area (Å²) in [5, 5.41) is -14.4. The number of hydrogen-bond acceptors (Lipinski definition) is 6. The molecule has 6 aliphatic heterocycles. The average molecular weight is 1710 g/mol. The van der Waals surface area contributed by atoms with Crippen molar-refractivity contribution < 1.29 is 180 Å². The maximum absolute atomic E-state index is 18.4. The maximum Gasteiger partial charge on any atom is 0.435 e. The Bertz CT molecular complexity index is 6270. The average Bonchev–Trinajstić information content (AvgIpc) is 1.44. The van der Waals surface area contributed by atoms with E-state index in [1.54, 1.807) is 0 Å². The Morgan fingerprint density at radius 2 is 0.652 bits per heavy atom. The molecule has 3 atom stereocenters. The Morgan fingerprint density at radius 3 is 0.974 bits per heavy atom. The number of alkyl halides is 39. The van der Waals surface area contributed by atoms with Gasteiger partial charge in [0, 0.05) is 43.8 Å². The van der Waals surface area contributed by atoms with Gasteiger partial charge in [0.15, 0.2) is 0 Å². The molecular formula is C66H22F39N9S+2. The molecule has 6 aliphatic rings. The topological polar surface area (TPSA) is 89.1 Å². The molecule has 0 saturated heterocycles. The van der Waals surface area contributed by atoms with Gasteiger partial charge < -0.3 is 0 Å². The van der Waals surface area contributed by atoms with E-state index in [4.69, 9.17) is 0 Å². The molecule has 0 N–H and O–H groups in total. The fourth-order valence-electron chi connectivity index (χ4n) is 15.8. The standard InChI is InChI=1S/C66H22F39N9S/c1-18(17-106)16-25-39(55(73,74)75)32-40(115-25)48-110-46-31-30(37(53(71,62(94,95)96)63(97,98)99)23-14-8-9-15-24(23)38(31)54(72,64(100,101)102)65(103,104)105)45-108-44-29-28(35(51(69,58(82,83)84)59(85,86)87)21-12-6-7-13-22(21)36(29)52(70,60(88,89)90)61(91,92)93)43-107-41-26-27(42-109-47(32)114(48)66(111(41)42,112(43)44)113(45)46)34(50(3,68)57(79,80)81)20-11-5-4-10-19(20)33(26)49(2,67)56(76,77)78/h4-16H,1-3H3/q+2. The molecular weight excluding hydrogens is 1690 g/mol. The van der Waals surface area contributed by atoms with E-state index in [-0.39, 0.29) is 42.5 Å². The summed E-state index contributed by atoms with van der Waals surface area (Å²) in [5.74, 6) is -21.3. The third-order valence-corrected chi connectivity index (χ3v) is 21.5. The van der Waals surface area contributed by atoms with Gasteiger partial charge >= 0.3 is 96.5 Å². The van der Waals surface area contributed by atoms with E-state index >= 15 is 171 Å². The Morgan fingerprint density at radius 1 is 0.365 bits per heavy atom. The van der Waals surface area contributed by atoms with Gasteiger partial charge in [0.1, 0.15) is 4.70 Å². The van der Waals surface area contributed by atoms with Gasteiger partial charge in [-0.2, -0.15) is 159 Å². The molecule has 0 fully saturated rings. The minimum atomic E-state index is -8.11. The van der Waals surface area contributed by atoms with Crippen LogP contribution in [-0.4, -0.2) is 103 Å². The molecule has 9 aromatic rings. The highest BCUT2D eigenvalue weighted by Crippen LogP contribution is 2.68. The van der Waals surface area contributed by atoms with Gasteiger partial charge in [0.25, 0.3) is 23.3 Å². The number of hydrogen-bond donors (Lipinski definition) is 0. The molecule has 49 heteroatoms. The zero-order valence-corrected chi connectivity index (χ0v) is 55.5. The number of fused-ring (bicyclic) bond motifs is 15. The van der Waals surface area contributed by atoms with Crippen LogP contribution in [-0.2, 0) is 46.1 Å². The first-order chi connectivity index (χ1) is 52.0. The highest BCUT2D eigenvalue weighted by atomic mass is 32.1. The normalized spacial score (nSPS) is 18.9. The van der Waals surface area contributed by atoms with E-state index in [9.17, 15) is 5.26 Å². The van der Waals surface area contributed by atoms with Crippen LogP contribution in [0.2, 0.25) is 0 Å². The van der Waals surface area contributed by atoms with Gasteiger partial charge in [0.05, 0.1) is 50.0 Å². The molecule has 9 heterocycles. The molecule has 0 saturated carbocycles. The molecule has 6 aromatic carbocycles. The lowest BCUT2D eigenvalue weighted by molar-refractivity contribution is -0.790. The molecule has 0 bridgehead atoms. The molecule has 608 valence electrons. The molecule has 3 unspecified atom stereocenters. The number of halogens is 39. The number of nitriles is 1. The second-order valence-corrected chi connectivity index (χ2v) is 27.8. The Kier molecular flexibility index (Phi) is 15.4. The smallest absolute Gasteiger partial charge is 0.229 e. The molecule has 0 amide bonds. The lowest BCUT2D eigenvalue weighted by Crippen LogP contribution is -2.71. The molecule has 1 spiro atoms. The minimum absolute atomic E-state index is 0.0145. The second kappa shape index (κ2) is 22.2. The van der Waals surface area contributed by atoms with Crippen molar-refractivity contribution >= 4 is 106 Å². The van der Waals surface area contributed by atoms with Gasteiger partial charge in [0.2, 0.25) is 33.9 Å². The minimum Gasteiger partial charge on any atom is -0.229 e. The summed E-state index contributed by atoms with van der Waals surface area (Å²) in [5.41, 5.74) is -84.6. The van der Waals surface area contributed by atoms with E-state index in [0.29, 0.717) is 19.1 Å². The Hall–Kier alpha value is -10.3. The number of aliphatic imine (C=N–C) groups is 2. The number of aromatic nitrogens is 2. The quantitative estimate of drug-likeness (QED) is 0.0888. The van der Waals surface area contributed by atoms with Crippen molar-refractivity contribution in [2.75, 3.05) is 0 Å². The summed E-state index contributed by atoms with van der Waals surface area (Å²) < 4.78 is 642. The largest absolute Gasteiger partial charge is 0.435 e. The van der Waals surface area contributed by atoms with Gasteiger partial charge in [-0.3, -0.25) is 0 Å². The number of thiophene rings is 1. The van der Waals surface area contributed by atoms with Crippen molar-refractivity contribution in [3.8, 4) is 6.07 Å². The summed E-state index contributed by atoms with van der Waals surface area (Å²) in [7, 11) is 0. The van der Waals surface area contributed by atoms with Gasteiger partial charge in [-0.1, -0.05) is 92.8 Å². The van der Waals surface area contributed by atoms with Crippen LogP contribution < -0.4 is 11.0 Å². The van der Waals surface area contributed by atoms with Crippen molar-refractivity contribution in [1.82, 2.24) is 9.13 Å². The van der Waals surface area contributed by atoms with Crippen LogP contribution >= 0.6 is 11.3 Å². The summed E-state index contributed by atoms with van der Waals surface area (Å²) in [6.45, 7) is -0.753. The van der Waals surface area contributed by atoms with E-state index in [1.807, 2.05) is 0 Å². The lowest BCUT2D eigenvalue weighted by atomic mass is 9.76.